The smallest absolute Gasteiger partial charge is 0.273 e. The fourth-order valence-electron chi connectivity index (χ4n) is 2.59. The highest BCUT2D eigenvalue weighted by Crippen LogP contribution is 2.34. The Morgan fingerprint density at radius 2 is 2.26 bits per heavy atom. The summed E-state index contributed by atoms with van der Waals surface area (Å²) in [5.41, 5.74) is 0.0704. The largest absolute Gasteiger partial charge is 0.489 e. The van der Waals surface area contributed by atoms with Gasteiger partial charge in [-0.25, -0.2) is 0 Å². The molecule has 0 heterocycles. The fraction of sp³-hybridized carbons (Fsp3) is 0.571. The van der Waals surface area contributed by atoms with Crippen molar-refractivity contribution < 1.29 is 9.66 Å². The lowest BCUT2D eigenvalue weighted by Gasteiger charge is -2.29. The van der Waals surface area contributed by atoms with Crippen LogP contribution in [0, 0.1) is 16.0 Å². The first kappa shape index (κ1) is 14.3. The van der Waals surface area contributed by atoms with Crippen LogP contribution in [0.3, 0.4) is 0 Å². The van der Waals surface area contributed by atoms with E-state index in [9.17, 15) is 10.1 Å². The predicted molar refractivity (Wildman–Crippen MR) is 77.5 cm³/mol. The summed E-state index contributed by atoms with van der Waals surface area (Å²) in [5, 5.41) is 10.8. The summed E-state index contributed by atoms with van der Waals surface area (Å²) in [6.45, 7) is 2.20. The zero-order valence-electron chi connectivity index (χ0n) is 11.0. The van der Waals surface area contributed by atoms with Crippen LogP contribution in [0.5, 0.6) is 5.75 Å². The van der Waals surface area contributed by atoms with Crippen molar-refractivity contribution in [2.24, 2.45) is 5.92 Å². The van der Waals surface area contributed by atoms with Crippen LogP contribution in [0.2, 0.25) is 0 Å². The topological polar surface area (TPSA) is 52.4 Å². The van der Waals surface area contributed by atoms with Crippen LogP contribution in [0.25, 0.3) is 0 Å². The molecule has 0 N–H and O–H groups in total. The maximum absolute atomic E-state index is 10.8. The van der Waals surface area contributed by atoms with E-state index in [0.29, 0.717) is 5.75 Å². The molecule has 0 aliphatic heterocycles. The van der Waals surface area contributed by atoms with Gasteiger partial charge < -0.3 is 4.74 Å². The second-order valence-electron chi connectivity index (χ2n) is 5.05. The van der Waals surface area contributed by atoms with Crippen LogP contribution in [0.15, 0.2) is 22.7 Å². The molecule has 19 heavy (non-hydrogen) atoms. The van der Waals surface area contributed by atoms with Gasteiger partial charge in [-0.3, -0.25) is 10.1 Å². The monoisotopic (exact) mass is 327 g/mol. The zero-order valence-corrected chi connectivity index (χ0v) is 12.6. The average Bonchev–Trinajstić information content (AvgIpc) is 2.41. The molecule has 2 rings (SSSR count). The molecule has 1 aliphatic carbocycles. The van der Waals surface area contributed by atoms with Crippen molar-refractivity contribution in [2.45, 2.75) is 45.1 Å². The third kappa shape index (κ3) is 3.69. The molecular weight excluding hydrogens is 310 g/mol. The molecule has 2 unspecified atom stereocenters. The van der Waals surface area contributed by atoms with Gasteiger partial charge in [-0.05, 0) is 47.2 Å². The van der Waals surface area contributed by atoms with Crippen molar-refractivity contribution >= 4 is 21.6 Å². The van der Waals surface area contributed by atoms with Gasteiger partial charge in [0.25, 0.3) is 5.69 Å². The van der Waals surface area contributed by atoms with E-state index in [1.54, 1.807) is 6.07 Å². The Bertz CT molecular complexity index is 464. The van der Waals surface area contributed by atoms with E-state index < -0.39 is 4.92 Å². The Kier molecular flexibility index (Phi) is 4.80. The number of rotatable bonds is 4. The number of ether oxygens (including phenoxy) is 1. The number of nitro groups is 1. The lowest BCUT2D eigenvalue weighted by Crippen LogP contribution is -2.25. The maximum Gasteiger partial charge on any atom is 0.273 e. The SMILES string of the molecule is CCC1CCCC(Oc2cc([N+](=O)[O-])ccc2Br)C1. The minimum absolute atomic E-state index is 0.0704. The third-order valence-corrected chi connectivity index (χ3v) is 4.39. The predicted octanol–water partition coefficient (Wildman–Crippen LogP) is 4.70. The minimum atomic E-state index is -0.394. The van der Waals surface area contributed by atoms with Gasteiger partial charge in [0.15, 0.2) is 0 Å². The minimum Gasteiger partial charge on any atom is -0.489 e. The van der Waals surface area contributed by atoms with Crippen LogP contribution in [0.1, 0.15) is 39.0 Å². The van der Waals surface area contributed by atoms with E-state index in [1.807, 2.05) is 0 Å². The van der Waals surface area contributed by atoms with E-state index in [1.165, 1.54) is 31.4 Å². The zero-order chi connectivity index (χ0) is 13.8. The van der Waals surface area contributed by atoms with Gasteiger partial charge >= 0.3 is 0 Å². The van der Waals surface area contributed by atoms with Crippen LogP contribution in [-0.2, 0) is 0 Å². The third-order valence-electron chi connectivity index (χ3n) is 3.73. The molecule has 0 amide bonds. The molecule has 2 atom stereocenters. The average molecular weight is 328 g/mol. The van der Waals surface area contributed by atoms with Gasteiger partial charge in [0, 0.05) is 6.07 Å². The van der Waals surface area contributed by atoms with E-state index in [0.717, 1.165) is 23.2 Å². The number of benzene rings is 1. The molecule has 1 aromatic rings. The first-order valence-corrected chi connectivity index (χ1v) is 7.50. The summed E-state index contributed by atoms with van der Waals surface area (Å²) in [6, 6.07) is 4.65. The summed E-state index contributed by atoms with van der Waals surface area (Å²) < 4.78 is 6.73. The Morgan fingerprint density at radius 3 is 2.95 bits per heavy atom. The molecule has 1 aromatic carbocycles. The summed E-state index contributed by atoms with van der Waals surface area (Å²) in [5.74, 6) is 1.30. The van der Waals surface area contributed by atoms with Crippen molar-refractivity contribution in [1.29, 1.82) is 0 Å². The summed E-state index contributed by atoms with van der Waals surface area (Å²) >= 11 is 3.39. The number of nitro benzene ring substituents is 1. The molecule has 1 fully saturated rings. The quantitative estimate of drug-likeness (QED) is 0.594. The summed E-state index contributed by atoms with van der Waals surface area (Å²) in [4.78, 5) is 10.4. The van der Waals surface area contributed by atoms with Crippen molar-refractivity contribution in [3.63, 3.8) is 0 Å². The molecule has 0 spiro atoms. The van der Waals surface area contributed by atoms with Gasteiger partial charge in [0.05, 0.1) is 21.6 Å². The van der Waals surface area contributed by atoms with E-state index in [-0.39, 0.29) is 11.8 Å². The highest BCUT2D eigenvalue weighted by atomic mass is 79.9. The van der Waals surface area contributed by atoms with Gasteiger partial charge in [-0.1, -0.05) is 19.8 Å². The standard InChI is InChI=1S/C14H18BrNO3/c1-2-10-4-3-5-12(8-10)19-14-9-11(16(17)18)6-7-13(14)15/h6-7,9-10,12H,2-5,8H2,1H3. The summed E-state index contributed by atoms with van der Waals surface area (Å²) in [7, 11) is 0. The maximum atomic E-state index is 10.8. The number of hydrogen-bond donors (Lipinski definition) is 0. The van der Waals surface area contributed by atoms with Gasteiger partial charge in [0.2, 0.25) is 0 Å². The second kappa shape index (κ2) is 6.37. The lowest BCUT2D eigenvalue weighted by molar-refractivity contribution is -0.385. The fourth-order valence-corrected chi connectivity index (χ4v) is 2.94. The van der Waals surface area contributed by atoms with E-state index in [2.05, 4.69) is 22.9 Å². The second-order valence-corrected chi connectivity index (χ2v) is 5.91. The summed E-state index contributed by atoms with van der Waals surface area (Å²) in [6.07, 6.45) is 5.88. The molecule has 0 radical (unpaired) electrons. The molecular formula is C14H18BrNO3. The van der Waals surface area contributed by atoms with Crippen molar-refractivity contribution in [2.75, 3.05) is 0 Å². The highest BCUT2D eigenvalue weighted by molar-refractivity contribution is 9.10. The molecule has 0 saturated heterocycles. The van der Waals surface area contributed by atoms with Crippen LogP contribution < -0.4 is 4.74 Å². The first-order valence-electron chi connectivity index (χ1n) is 6.70. The highest BCUT2D eigenvalue weighted by Gasteiger charge is 2.23. The molecule has 1 aliphatic rings. The number of nitrogens with zero attached hydrogens (tertiary/aromatic N) is 1. The van der Waals surface area contributed by atoms with Gasteiger partial charge in [-0.15, -0.1) is 0 Å². The van der Waals surface area contributed by atoms with Crippen LogP contribution in [-0.4, -0.2) is 11.0 Å². The number of hydrogen-bond acceptors (Lipinski definition) is 3. The molecule has 0 bridgehead atoms. The van der Waals surface area contributed by atoms with E-state index in [4.69, 9.17) is 4.74 Å². The molecule has 1 saturated carbocycles. The normalized spacial score (nSPS) is 23.1. The van der Waals surface area contributed by atoms with Crippen molar-refractivity contribution in [1.82, 2.24) is 0 Å². The first-order chi connectivity index (χ1) is 9.10. The Morgan fingerprint density at radius 1 is 1.47 bits per heavy atom. The van der Waals surface area contributed by atoms with Crippen molar-refractivity contribution in [3.05, 3.63) is 32.8 Å². The molecule has 104 valence electrons. The van der Waals surface area contributed by atoms with Crippen LogP contribution >= 0.6 is 15.9 Å². The number of halogens is 1. The molecule has 5 heteroatoms. The van der Waals surface area contributed by atoms with E-state index >= 15 is 0 Å². The molecule has 4 nitrogen and oxygen atoms in total. The van der Waals surface area contributed by atoms with Gasteiger partial charge in [0.1, 0.15) is 5.75 Å². The Balaban J connectivity index is 2.09. The van der Waals surface area contributed by atoms with Crippen molar-refractivity contribution in [3.8, 4) is 5.75 Å². The molecule has 0 aromatic heterocycles. The Hall–Kier alpha value is -1.10. The lowest BCUT2D eigenvalue weighted by atomic mass is 9.85. The van der Waals surface area contributed by atoms with Crippen LogP contribution in [0.4, 0.5) is 5.69 Å². The number of non-ortho nitro benzene ring substituents is 1. The van der Waals surface area contributed by atoms with Gasteiger partial charge in [-0.2, -0.15) is 0 Å². The Labute approximate surface area is 121 Å².